The lowest BCUT2D eigenvalue weighted by Gasteiger charge is -2.38. The second-order valence-electron chi connectivity index (χ2n) is 9.12. The molecule has 0 saturated carbocycles. The Labute approximate surface area is 195 Å². The molecule has 2 heterocycles. The third-order valence-electron chi connectivity index (χ3n) is 6.08. The zero-order valence-corrected chi connectivity index (χ0v) is 20.7. The van der Waals surface area contributed by atoms with Crippen molar-refractivity contribution in [3.63, 3.8) is 0 Å². The van der Waals surface area contributed by atoms with E-state index in [-0.39, 0.29) is 11.9 Å². The fourth-order valence-corrected chi connectivity index (χ4v) is 5.55. The minimum Gasteiger partial charge on any atom is -0.451 e. The molecule has 176 valence electrons. The molecular formula is C25H35FN2O3S. The van der Waals surface area contributed by atoms with E-state index in [0.717, 1.165) is 23.4 Å². The second kappa shape index (κ2) is 9.86. The topological polar surface area (TPSA) is 49.9 Å². The van der Waals surface area contributed by atoms with Gasteiger partial charge in [0, 0.05) is 42.3 Å². The molecule has 2 aliphatic rings. The number of rotatable bonds is 8. The zero-order valence-electron chi connectivity index (χ0n) is 19.9. The highest BCUT2D eigenvalue weighted by Crippen LogP contribution is 2.41. The highest BCUT2D eigenvalue weighted by atomic mass is 32.2. The van der Waals surface area contributed by atoms with E-state index in [1.165, 1.54) is 11.8 Å². The number of alkyl halides is 1. The van der Waals surface area contributed by atoms with Crippen LogP contribution in [0.1, 0.15) is 60.3 Å². The molecule has 0 radical (unpaired) electrons. The van der Waals surface area contributed by atoms with Gasteiger partial charge in [-0.25, -0.2) is 9.18 Å². The van der Waals surface area contributed by atoms with Crippen molar-refractivity contribution in [3.8, 4) is 0 Å². The molecule has 0 spiro atoms. The smallest absolute Gasteiger partial charge is 0.335 e. The van der Waals surface area contributed by atoms with E-state index in [1.807, 2.05) is 29.2 Å². The van der Waals surface area contributed by atoms with Crippen molar-refractivity contribution in [2.75, 3.05) is 31.1 Å². The minimum absolute atomic E-state index is 0.0631. The van der Waals surface area contributed by atoms with Crippen molar-refractivity contribution in [1.82, 2.24) is 4.90 Å². The lowest BCUT2D eigenvalue weighted by Crippen LogP contribution is -2.51. The van der Waals surface area contributed by atoms with Gasteiger partial charge in [-0.15, -0.1) is 0 Å². The Morgan fingerprint density at radius 1 is 1.09 bits per heavy atom. The molecule has 0 bridgehead atoms. The molecule has 0 atom stereocenters. The van der Waals surface area contributed by atoms with E-state index in [4.69, 9.17) is 4.74 Å². The molecule has 3 rings (SSSR count). The van der Waals surface area contributed by atoms with Crippen LogP contribution in [0.2, 0.25) is 0 Å². The third-order valence-corrected chi connectivity index (χ3v) is 7.07. The number of halogens is 1. The summed E-state index contributed by atoms with van der Waals surface area (Å²) in [5.74, 6) is -0.421. The average Bonchev–Trinajstić information content (AvgIpc) is 2.97. The predicted octanol–water partition coefficient (Wildman–Crippen LogP) is 5.35. The Hall–Kier alpha value is -2.02. The molecule has 1 fully saturated rings. The highest BCUT2D eigenvalue weighted by molar-refractivity contribution is 8.00. The summed E-state index contributed by atoms with van der Waals surface area (Å²) in [6, 6.07) is 7.90. The van der Waals surface area contributed by atoms with Gasteiger partial charge in [-0.3, -0.25) is 4.79 Å². The summed E-state index contributed by atoms with van der Waals surface area (Å²) in [5.41, 5.74) is 1.31. The second-order valence-corrected chi connectivity index (χ2v) is 10.8. The molecule has 32 heavy (non-hydrogen) atoms. The molecule has 1 saturated heterocycles. The number of benzene rings is 1. The number of thioether (sulfide) groups is 1. The minimum atomic E-state index is -1.31. The van der Waals surface area contributed by atoms with Crippen molar-refractivity contribution in [1.29, 1.82) is 0 Å². The third kappa shape index (κ3) is 5.30. The number of amides is 1. The van der Waals surface area contributed by atoms with Crippen LogP contribution in [-0.2, 0) is 14.3 Å². The van der Waals surface area contributed by atoms with Crippen LogP contribution >= 0.6 is 11.8 Å². The van der Waals surface area contributed by atoms with Crippen molar-refractivity contribution >= 4 is 29.3 Å². The molecule has 5 nitrogen and oxygen atoms in total. The maximum absolute atomic E-state index is 13.9. The van der Waals surface area contributed by atoms with Gasteiger partial charge in [0.05, 0.1) is 5.57 Å². The van der Waals surface area contributed by atoms with Crippen LogP contribution in [0, 0.1) is 0 Å². The van der Waals surface area contributed by atoms with Gasteiger partial charge in [-0.2, -0.15) is 0 Å². The van der Waals surface area contributed by atoms with E-state index in [9.17, 15) is 14.0 Å². The summed E-state index contributed by atoms with van der Waals surface area (Å²) in [4.78, 5) is 30.9. The van der Waals surface area contributed by atoms with Gasteiger partial charge in [0.2, 0.25) is 0 Å². The van der Waals surface area contributed by atoms with Crippen molar-refractivity contribution in [2.24, 2.45) is 0 Å². The number of anilines is 1. The van der Waals surface area contributed by atoms with Crippen LogP contribution in [0.3, 0.4) is 0 Å². The molecule has 0 aromatic heterocycles. The van der Waals surface area contributed by atoms with Gasteiger partial charge < -0.3 is 14.5 Å². The Kier molecular flexibility index (Phi) is 7.58. The summed E-state index contributed by atoms with van der Waals surface area (Å²) >= 11 is 1.20. The average molecular weight is 463 g/mol. The van der Waals surface area contributed by atoms with Crippen LogP contribution in [0.25, 0.3) is 0 Å². The molecular weight excluding hydrogens is 427 g/mol. The predicted molar refractivity (Wildman–Crippen MR) is 128 cm³/mol. The molecule has 1 amide bonds. The number of hydrogen-bond acceptors (Lipinski definition) is 5. The number of cyclic esters (lactones) is 1. The summed E-state index contributed by atoms with van der Waals surface area (Å²) in [6.07, 6.45) is 3.04. The first-order valence-corrected chi connectivity index (χ1v) is 12.4. The summed E-state index contributed by atoms with van der Waals surface area (Å²) in [7, 11) is 0. The van der Waals surface area contributed by atoms with Gasteiger partial charge in [0.25, 0.3) is 5.91 Å². The molecule has 1 aromatic carbocycles. The summed E-state index contributed by atoms with van der Waals surface area (Å²) < 4.78 is 19.7. The van der Waals surface area contributed by atoms with Crippen molar-refractivity contribution < 1.29 is 18.7 Å². The first-order valence-electron chi connectivity index (χ1n) is 11.6. The van der Waals surface area contributed by atoms with E-state index >= 15 is 0 Å². The normalized spacial score (nSPS) is 18.9. The number of nitrogens with zero attached hydrogens (tertiary/aromatic N) is 2. The Morgan fingerprint density at radius 2 is 1.66 bits per heavy atom. The lowest BCUT2D eigenvalue weighted by atomic mass is 9.83. The van der Waals surface area contributed by atoms with E-state index < -0.39 is 10.6 Å². The van der Waals surface area contributed by atoms with E-state index in [2.05, 4.69) is 18.7 Å². The fourth-order valence-electron chi connectivity index (χ4n) is 4.72. The van der Waals surface area contributed by atoms with Crippen LogP contribution in [-0.4, -0.2) is 53.6 Å². The molecule has 2 aliphatic heterocycles. The zero-order chi connectivity index (χ0) is 23.5. The van der Waals surface area contributed by atoms with Crippen LogP contribution in [0.5, 0.6) is 0 Å². The first-order chi connectivity index (χ1) is 15.1. The number of hydrogen-bond donors (Lipinski definition) is 0. The number of carbonyl (C=O) groups excluding carboxylic acids is 2. The monoisotopic (exact) mass is 462 g/mol. The van der Waals surface area contributed by atoms with E-state index in [1.54, 1.807) is 20.8 Å². The lowest BCUT2D eigenvalue weighted by molar-refractivity contribution is -0.149. The first kappa shape index (κ1) is 24.6. The summed E-state index contributed by atoms with van der Waals surface area (Å²) in [6.45, 7) is 11.5. The number of esters is 1. The Bertz CT molecular complexity index is 862. The number of carbonyl (C=O) groups is 2. The summed E-state index contributed by atoms with van der Waals surface area (Å²) in [5, 5.41) is -1.31. The maximum Gasteiger partial charge on any atom is 0.335 e. The Balaban J connectivity index is 1.69. The van der Waals surface area contributed by atoms with Crippen LogP contribution in [0.4, 0.5) is 10.1 Å². The SMILES string of the molecule is CCCC1(CCC)OC(=O)C(C)=C1C(=O)N1CCN(c2ccc(SC(C)(C)F)cc2)CC1. The molecule has 1 aromatic rings. The molecule has 0 aliphatic carbocycles. The van der Waals surface area contributed by atoms with Crippen molar-refractivity contribution in [3.05, 3.63) is 35.4 Å². The van der Waals surface area contributed by atoms with Gasteiger partial charge in [-0.1, -0.05) is 38.5 Å². The molecule has 7 heteroatoms. The molecule has 0 unspecified atom stereocenters. The van der Waals surface area contributed by atoms with Gasteiger partial charge >= 0.3 is 5.97 Å². The van der Waals surface area contributed by atoms with Gasteiger partial charge in [0.1, 0.15) is 5.60 Å². The standard InChI is InChI=1S/C25H35FN2O3S/c1-6-12-25(13-7-2)21(18(3)23(30)31-25)22(29)28-16-14-27(15-17-28)19-8-10-20(11-9-19)32-24(4,5)26/h8-11H,6-7,12-17H2,1-5H3. The highest BCUT2D eigenvalue weighted by Gasteiger charge is 2.49. The number of ether oxygens (including phenoxy) is 1. The van der Waals surface area contributed by atoms with Crippen LogP contribution < -0.4 is 4.90 Å². The largest absolute Gasteiger partial charge is 0.451 e. The quantitative estimate of drug-likeness (QED) is 0.385. The van der Waals surface area contributed by atoms with Crippen molar-refractivity contribution in [2.45, 2.75) is 75.8 Å². The maximum atomic E-state index is 13.9. The van der Waals surface area contributed by atoms with E-state index in [0.29, 0.717) is 50.2 Å². The molecule has 0 N–H and O–H groups in total. The Morgan fingerprint density at radius 3 is 2.16 bits per heavy atom. The van der Waals surface area contributed by atoms with Gasteiger partial charge in [0.15, 0.2) is 5.00 Å². The number of piperazine rings is 1. The van der Waals surface area contributed by atoms with Crippen LogP contribution in [0.15, 0.2) is 40.3 Å². The fraction of sp³-hybridized carbons (Fsp3) is 0.600. The van der Waals surface area contributed by atoms with Gasteiger partial charge in [-0.05, 0) is 57.9 Å².